The largest absolute Gasteiger partial charge is 0.396 e. The van der Waals surface area contributed by atoms with Crippen molar-refractivity contribution in [2.75, 3.05) is 19.8 Å². The van der Waals surface area contributed by atoms with Crippen LogP contribution >= 0.6 is 0 Å². The number of rotatable bonds is 9. The average molecular weight is 502 g/mol. The number of hydrogen-bond acceptors (Lipinski definition) is 5. The van der Waals surface area contributed by atoms with Crippen molar-refractivity contribution in [1.29, 1.82) is 0 Å². The van der Waals surface area contributed by atoms with Gasteiger partial charge in [0.1, 0.15) is 6.61 Å². The molecule has 2 N–H and O–H groups in total. The summed E-state index contributed by atoms with van der Waals surface area (Å²) in [5.41, 5.74) is 4.48. The van der Waals surface area contributed by atoms with Crippen molar-refractivity contribution in [2.45, 2.75) is 105 Å². The molecule has 3 aliphatic carbocycles. The number of allylic oxidation sites excluding steroid dienone is 3. The van der Waals surface area contributed by atoms with E-state index in [9.17, 15) is 10.2 Å². The number of aliphatic hydroxyl groups excluding tert-OH is 2. The van der Waals surface area contributed by atoms with Crippen LogP contribution in [-0.2, 0) is 9.57 Å². The molecule has 0 unspecified atom stereocenters. The predicted octanol–water partition coefficient (Wildman–Crippen LogP) is 6.61. The fourth-order valence-electron chi connectivity index (χ4n) is 6.73. The minimum atomic E-state index is -0.631. The molecule has 0 aromatic rings. The Morgan fingerprint density at radius 1 is 1.25 bits per heavy atom. The maximum atomic E-state index is 10.2. The van der Waals surface area contributed by atoms with E-state index >= 15 is 0 Å². The molecule has 0 aliphatic heterocycles. The van der Waals surface area contributed by atoms with Gasteiger partial charge in [0.25, 0.3) is 0 Å². The fourth-order valence-corrected chi connectivity index (χ4v) is 6.73. The molecule has 0 saturated heterocycles. The molecule has 36 heavy (non-hydrogen) atoms. The maximum absolute atomic E-state index is 10.2. The highest BCUT2D eigenvalue weighted by atomic mass is 16.6. The van der Waals surface area contributed by atoms with Crippen LogP contribution in [-0.4, -0.2) is 48.0 Å². The third-order valence-corrected chi connectivity index (χ3v) is 8.94. The topological polar surface area (TPSA) is 71.3 Å². The molecule has 0 radical (unpaired) electrons. The lowest BCUT2D eigenvalue weighted by molar-refractivity contribution is 0.0433. The van der Waals surface area contributed by atoms with E-state index in [1.807, 2.05) is 0 Å². The van der Waals surface area contributed by atoms with Crippen LogP contribution in [0.5, 0.6) is 0 Å². The molecule has 5 heteroatoms. The predicted molar refractivity (Wildman–Crippen MR) is 148 cm³/mol. The lowest BCUT2D eigenvalue weighted by atomic mass is 9.61. The first-order valence-corrected chi connectivity index (χ1v) is 14.2. The summed E-state index contributed by atoms with van der Waals surface area (Å²) in [6.45, 7) is 19.4. The molecule has 0 amide bonds. The molecule has 0 bridgehead atoms. The molecule has 3 fully saturated rings. The first-order valence-electron chi connectivity index (χ1n) is 14.2. The van der Waals surface area contributed by atoms with Gasteiger partial charge in [-0.15, -0.1) is 0 Å². The first-order chi connectivity index (χ1) is 17.0. The molecule has 0 aromatic carbocycles. The van der Waals surface area contributed by atoms with Gasteiger partial charge in [0.2, 0.25) is 0 Å². The fraction of sp³-hybridized carbons (Fsp3) is 0.774. The quantitative estimate of drug-likeness (QED) is 0.212. The van der Waals surface area contributed by atoms with Gasteiger partial charge in [-0.1, -0.05) is 71.0 Å². The molecule has 6 atom stereocenters. The molecule has 3 rings (SSSR count). The minimum absolute atomic E-state index is 0.0747. The van der Waals surface area contributed by atoms with E-state index in [2.05, 4.69) is 65.4 Å². The summed E-state index contributed by atoms with van der Waals surface area (Å²) < 4.78 is 6.25. The van der Waals surface area contributed by atoms with E-state index in [1.54, 1.807) is 0 Å². The molecule has 5 nitrogen and oxygen atoms in total. The van der Waals surface area contributed by atoms with Crippen molar-refractivity contribution in [1.82, 2.24) is 0 Å². The second kappa shape index (κ2) is 12.4. The van der Waals surface area contributed by atoms with Gasteiger partial charge in [-0.25, -0.2) is 0 Å². The van der Waals surface area contributed by atoms with Crippen molar-refractivity contribution in [3.63, 3.8) is 0 Å². The van der Waals surface area contributed by atoms with Crippen LogP contribution in [0.4, 0.5) is 0 Å². The Kier molecular flexibility index (Phi) is 10.0. The van der Waals surface area contributed by atoms with Crippen LogP contribution in [0.15, 0.2) is 40.6 Å². The van der Waals surface area contributed by atoms with Gasteiger partial charge in [0.05, 0.1) is 24.5 Å². The molecule has 0 aromatic heterocycles. The number of oxime groups is 1. The summed E-state index contributed by atoms with van der Waals surface area (Å²) >= 11 is 0. The summed E-state index contributed by atoms with van der Waals surface area (Å²) in [6, 6.07) is 0. The second-order valence-corrected chi connectivity index (χ2v) is 12.8. The van der Waals surface area contributed by atoms with Gasteiger partial charge in [0.15, 0.2) is 0 Å². The van der Waals surface area contributed by atoms with Gasteiger partial charge in [-0.05, 0) is 79.3 Å². The zero-order valence-corrected chi connectivity index (χ0v) is 23.7. The van der Waals surface area contributed by atoms with Crippen LogP contribution in [0, 0.1) is 28.6 Å². The summed E-state index contributed by atoms with van der Waals surface area (Å²) in [6.07, 6.45) is 11.3. The molecule has 0 spiro atoms. The van der Waals surface area contributed by atoms with Crippen molar-refractivity contribution < 1.29 is 19.8 Å². The van der Waals surface area contributed by atoms with E-state index in [0.29, 0.717) is 49.2 Å². The van der Waals surface area contributed by atoms with E-state index in [-0.39, 0.29) is 5.41 Å². The Morgan fingerprint density at radius 3 is 2.69 bits per heavy atom. The smallest absolute Gasteiger partial charge is 0.116 e. The van der Waals surface area contributed by atoms with Crippen molar-refractivity contribution in [3.05, 3.63) is 35.5 Å². The first kappa shape index (κ1) is 29.1. The zero-order chi connectivity index (χ0) is 26.5. The SMILES string of the molecule is C=C1/C(=C/C=C2/CCC[C@]3(C)[C@@H]([C@H](C)COC/C(=N/OCCC)C(C)(C)C)CC[C@@H]23)C[C@@H](O)C[C@@H]1O. The Balaban J connectivity index is 1.64. The van der Waals surface area contributed by atoms with Crippen molar-refractivity contribution in [2.24, 2.45) is 33.7 Å². The van der Waals surface area contributed by atoms with Gasteiger partial charge < -0.3 is 19.8 Å². The Hall–Kier alpha value is -1.43. The van der Waals surface area contributed by atoms with Crippen LogP contribution < -0.4 is 0 Å². The standard InChI is InChI=1S/C31H51NO4/c1-8-16-36-32-29(30(4,5)6)20-35-19-21(2)26-13-14-27-23(10-9-15-31(26,27)7)11-12-24-17-25(33)18-28(34)22(24)3/h11-12,21,25-28,33-34H,3,8-10,13-20H2,1-2,4-7H3/b23-11-,24-12+,32-29-/t21-,25-,26-,27+,28+,31-/m1/s1. The number of fused-ring (bicyclic) bond motifs is 1. The number of aliphatic hydroxyl groups is 2. The Bertz CT molecular complexity index is 851. The highest BCUT2D eigenvalue weighted by Crippen LogP contribution is 2.59. The van der Waals surface area contributed by atoms with E-state index in [1.165, 1.54) is 31.3 Å². The highest BCUT2D eigenvalue weighted by Gasteiger charge is 2.50. The number of ether oxygens (including phenoxy) is 1. The van der Waals surface area contributed by atoms with Gasteiger partial charge in [0, 0.05) is 18.4 Å². The summed E-state index contributed by atoms with van der Waals surface area (Å²) in [5, 5.41) is 24.7. The second-order valence-electron chi connectivity index (χ2n) is 12.8. The third kappa shape index (κ3) is 6.90. The molecular formula is C31H51NO4. The molecule has 0 heterocycles. The summed E-state index contributed by atoms with van der Waals surface area (Å²) in [4.78, 5) is 5.48. The van der Waals surface area contributed by atoms with Gasteiger partial charge in [-0.3, -0.25) is 0 Å². The highest BCUT2D eigenvalue weighted by molar-refractivity contribution is 5.89. The van der Waals surface area contributed by atoms with Gasteiger partial charge in [-0.2, -0.15) is 0 Å². The van der Waals surface area contributed by atoms with E-state index in [4.69, 9.17) is 9.57 Å². The normalized spacial score (nSPS) is 34.8. The van der Waals surface area contributed by atoms with E-state index in [0.717, 1.165) is 36.3 Å². The van der Waals surface area contributed by atoms with Crippen molar-refractivity contribution in [3.8, 4) is 0 Å². The van der Waals surface area contributed by atoms with Crippen LogP contribution in [0.1, 0.15) is 92.9 Å². The molecular weight excluding hydrogens is 450 g/mol. The summed E-state index contributed by atoms with van der Waals surface area (Å²) in [5.74, 6) is 1.72. The number of nitrogens with zero attached hydrogens (tertiary/aromatic N) is 1. The Labute approximate surface area is 219 Å². The van der Waals surface area contributed by atoms with E-state index < -0.39 is 12.2 Å². The Morgan fingerprint density at radius 2 is 2.00 bits per heavy atom. The monoisotopic (exact) mass is 501 g/mol. The van der Waals surface area contributed by atoms with Gasteiger partial charge >= 0.3 is 0 Å². The third-order valence-electron chi connectivity index (χ3n) is 8.94. The zero-order valence-electron chi connectivity index (χ0n) is 23.7. The summed E-state index contributed by atoms with van der Waals surface area (Å²) in [7, 11) is 0. The van der Waals surface area contributed by atoms with Crippen LogP contribution in [0.3, 0.4) is 0 Å². The van der Waals surface area contributed by atoms with Crippen molar-refractivity contribution >= 4 is 5.71 Å². The molecule has 204 valence electrons. The van der Waals surface area contributed by atoms with Crippen LogP contribution in [0.25, 0.3) is 0 Å². The maximum Gasteiger partial charge on any atom is 0.116 e. The molecule has 3 aliphatic rings. The lowest BCUT2D eigenvalue weighted by Crippen LogP contribution is -2.37. The van der Waals surface area contributed by atoms with Crippen LogP contribution in [0.2, 0.25) is 0 Å². The minimum Gasteiger partial charge on any atom is -0.396 e. The molecule has 3 saturated carbocycles. The lowest BCUT2D eigenvalue weighted by Gasteiger charge is -2.44. The number of hydrogen-bond donors (Lipinski definition) is 2. The average Bonchev–Trinajstić information content (AvgIpc) is 3.16.